The van der Waals surface area contributed by atoms with Gasteiger partial charge in [0.1, 0.15) is 16.5 Å². The van der Waals surface area contributed by atoms with E-state index in [9.17, 15) is 14.4 Å². The number of esters is 2. The van der Waals surface area contributed by atoms with Crippen LogP contribution in [0.1, 0.15) is 58.7 Å². The van der Waals surface area contributed by atoms with Crippen LogP contribution in [0, 0.1) is 12.8 Å². The molecule has 1 fully saturated rings. The van der Waals surface area contributed by atoms with Gasteiger partial charge in [-0.15, -0.1) is 11.3 Å². The van der Waals surface area contributed by atoms with Gasteiger partial charge in [-0.2, -0.15) is 0 Å². The lowest BCUT2D eigenvalue weighted by Crippen LogP contribution is -2.40. The van der Waals surface area contributed by atoms with Gasteiger partial charge >= 0.3 is 11.9 Å². The first-order chi connectivity index (χ1) is 14.4. The maximum absolute atomic E-state index is 12.7. The highest BCUT2D eigenvalue weighted by molar-refractivity contribution is 7.18. The van der Waals surface area contributed by atoms with Gasteiger partial charge in [0, 0.05) is 13.7 Å². The van der Waals surface area contributed by atoms with E-state index in [0.29, 0.717) is 16.5 Å². The van der Waals surface area contributed by atoms with Gasteiger partial charge in [0.15, 0.2) is 0 Å². The van der Waals surface area contributed by atoms with E-state index in [0.717, 1.165) is 37.3 Å². The number of nitrogens with zero attached hydrogens (tertiary/aromatic N) is 1. The van der Waals surface area contributed by atoms with Crippen molar-refractivity contribution in [2.24, 2.45) is 5.92 Å². The Labute approximate surface area is 181 Å². The Bertz CT molecular complexity index is 748. The summed E-state index contributed by atoms with van der Waals surface area (Å²) in [6.07, 6.45) is 3.37. The van der Waals surface area contributed by atoms with Crippen LogP contribution in [-0.4, -0.2) is 69.3 Å². The zero-order valence-electron chi connectivity index (χ0n) is 18.2. The number of anilines is 1. The molecule has 0 aromatic carbocycles. The number of piperidine rings is 1. The second kappa shape index (κ2) is 12.0. The maximum atomic E-state index is 12.7. The summed E-state index contributed by atoms with van der Waals surface area (Å²) in [6.45, 7) is 8.15. The van der Waals surface area contributed by atoms with Gasteiger partial charge in [0.2, 0.25) is 5.91 Å². The Morgan fingerprint density at radius 2 is 1.93 bits per heavy atom. The lowest BCUT2D eigenvalue weighted by atomic mass is 9.96. The minimum Gasteiger partial charge on any atom is -0.462 e. The molecule has 168 valence electrons. The molecule has 1 aromatic rings. The van der Waals surface area contributed by atoms with Crippen molar-refractivity contribution in [2.45, 2.75) is 40.0 Å². The molecular formula is C21H32N2O6S. The van der Waals surface area contributed by atoms with Crippen molar-refractivity contribution in [1.82, 2.24) is 4.90 Å². The SMILES string of the molecule is CCOC(=O)c1c(NC(=O)CN2CCCC(CC)C2)sc(C(=O)OCCOC)c1C. The predicted molar refractivity (Wildman–Crippen MR) is 115 cm³/mol. The number of hydrogen-bond acceptors (Lipinski definition) is 8. The molecule has 1 amide bonds. The van der Waals surface area contributed by atoms with Crippen LogP contribution in [0.2, 0.25) is 0 Å². The molecule has 0 bridgehead atoms. The van der Waals surface area contributed by atoms with E-state index in [1.54, 1.807) is 13.8 Å². The Hall–Kier alpha value is -1.97. The van der Waals surface area contributed by atoms with Crippen molar-refractivity contribution >= 4 is 34.2 Å². The zero-order chi connectivity index (χ0) is 22.1. The third kappa shape index (κ3) is 6.52. The molecule has 1 aliphatic rings. The second-order valence-corrected chi connectivity index (χ2v) is 8.33. The molecule has 0 aliphatic carbocycles. The monoisotopic (exact) mass is 440 g/mol. The molecule has 0 radical (unpaired) electrons. The number of hydrogen-bond donors (Lipinski definition) is 1. The summed E-state index contributed by atoms with van der Waals surface area (Å²) in [4.78, 5) is 40.0. The Kier molecular flexibility index (Phi) is 9.74. The van der Waals surface area contributed by atoms with E-state index >= 15 is 0 Å². The molecule has 1 N–H and O–H groups in total. The maximum Gasteiger partial charge on any atom is 0.348 e. The number of ether oxygens (including phenoxy) is 3. The van der Waals surface area contributed by atoms with Crippen LogP contribution in [-0.2, 0) is 19.0 Å². The van der Waals surface area contributed by atoms with Gasteiger partial charge < -0.3 is 19.5 Å². The van der Waals surface area contributed by atoms with E-state index in [2.05, 4.69) is 17.1 Å². The molecule has 1 saturated heterocycles. The van der Waals surface area contributed by atoms with Crippen molar-refractivity contribution in [3.05, 3.63) is 16.0 Å². The van der Waals surface area contributed by atoms with E-state index in [-0.39, 0.29) is 42.7 Å². The first kappa shape index (κ1) is 24.3. The summed E-state index contributed by atoms with van der Waals surface area (Å²) in [5.74, 6) is -0.721. The van der Waals surface area contributed by atoms with Crippen LogP contribution in [0.3, 0.4) is 0 Å². The summed E-state index contributed by atoms with van der Waals surface area (Å²) in [5, 5.41) is 3.14. The fourth-order valence-electron chi connectivity index (χ4n) is 3.53. The third-order valence-electron chi connectivity index (χ3n) is 5.13. The highest BCUT2D eigenvalue weighted by Gasteiger charge is 2.28. The topological polar surface area (TPSA) is 94.2 Å². The van der Waals surface area contributed by atoms with Gasteiger partial charge in [-0.05, 0) is 44.7 Å². The van der Waals surface area contributed by atoms with Crippen LogP contribution in [0.4, 0.5) is 5.00 Å². The fraction of sp³-hybridized carbons (Fsp3) is 0.667. The van der Waals surface area contributed by atoms with Crippen LogP contribution in [0.25, 0.3) is 0 Å². The number of methoxy groups -OCH3 is 1. The van der Waals surface area contributed by atoms with E-state index < -0.39 is 11.9 Å². The average Bonchev–Trinajstić information content (AvgIpc) is 3.04. The predicted octanol–water partition coefficient (Wildman–Crippen LogP) is 3.10. The van der Waals surface area contributed by atoms with Gasteiger partial charge in [0.05, 0.1) is 25.3 Å². The first-order valence-electron chi connectivity index (χ1n) is 10.4. The fourth-order valence-corrected chi connectivity index (χ4v) is 4.63. The zero-order valence-corrected chi connectivity index (χ0v) is 19.1. The van der Waals surface area contributed by atoms with Gasteiger partial charge in [0.25, 0.3) is 0 Å². The molecular weight excluding hydrogens is 408 g/mol. The lowest BCUT2D eigenvalue weighted by Gasteiger charge is -2.31. The van der Waals surface area contributed by atoms with Crippen molar-refractivity contribution in [3.63, 3.8) is 0 Å². The largest absolute Gasteiger partial charge is 0.462 e. The number of likely N-dealkylation sites (tertiary alicyclic amines) is 1. The standard InChI is InChI=1S/C21H32N2O6S/c1-5-15-8-7-9-23(12-15)13-16(24)22-19-17(20(25)28-6-2)14(3)18(30-19)21(26)29-11-10-27-4/h15H,5-13H2,1-4H3,(H,22,24). The van der Waals surface area contributed by atoms with Gasteiger partial charge in [-0.3, -0.25) is 9.69 Å². The number of amides is 1. The number of nitrogens with one attached hydrogen (secondary N) is 1. The first-order valence-corrected chi connectivity index (χ1v) is 11.2. The van der Waals surface area contributed by atoms with Gasteiger partial charge in [-0.25, -0.2) is 9.59 Å². The molecule has 0 spiro atoms. The Balaban J connectivity index is 2.15. The molecule has 30 heavy (non-hydrogen) atoms. The molecule has 2 rings (SSSR count). The molecule has 2 heterocycles. The summed E-state index contributed by atoms with van der Waals surface area (Å²) in [7, 11) is 1.52. The van der Waals surface area contributed by atoms with E-state index in [1.807, 2.05) is 0 Å². The highest BCUT2D eigenvalue weighted by Crippen LogP contribution is 2.34. The number of thiophene rings is 1. The Morgan fingerprint density at radius 3 is 2.60 bits per heavy atom. The average molecular weight is 441 g/mol. The van der Waals surface area contributed by atoms with Crippen LogP contribution in [0.5, 0.6) is 0 Å². The van der Waals surface area contributed by atoms with Crippen molar-refractivity contribution < 1.29 is 28.6 Å². The van der Waals surface area contributed by atoms with Crippen LogP contribution in [0.15, 0.2) is 0 Å². The number of rotatable bonds is 10. The molecule has 1 atom stereocenters. The summed E-state index contributed by atoms with van der Waals surface area (Å²) < 4.78 is 15.2. The number of carbonyl (C=O) groups is 3. The van der Waals surface area contributed by atoms with Crippen LogP contribution < -0.4 is 5.32 Å². The van der Waals surface area contributed by atoms with Crippen LogP contribution >= 0.6 is 11.3 Å². The molecule has 1 unspecified atom stereocenters. The third-order valence-corrected chi connectivity index (χ3v) is 6.32. The molecule has 1 aromatic heterocycles. The van der Waals surface area contributed by atoms with E-state index in [4.69, 9.17) is 14.2 Å². The van der Waals surface area contributed by atoms with Crippen molar-refractivity contribution in [2.75, 3.05) is 51.9 Å². The molecule has 8 nitrogen and oxygen atoms in total. The molecule has 0 saturated carbocycles. The second-order valence-electron chi connectivity index (χ2n) is 7.31. The lowest BCUT2D eigenvalue weighted by molar-refractivity contribution is -0.117. The number of carbonyl (C=O) groups excluding carboxylic acids is 3. The quantitative estimate of drug-likeness (QED) is 0.441. The Morgan fingerprint density at radius 1 is 1.17 bits per heavy atom. The van der Waals surface area contributed by atoms with Crippen molar-refractivity contribution in [3.8, 4) is 0 Å². The van der Waals surface area contributed by atoms with Crippen molar-refractivity contribution in [1.29, 1.82) is 0 Å². The van der Waals surface area contributed by atoms with Gasteiger partial charge in [-0.1, -0.05) is 13.3 Å². The molecule has 9 heteroatoms. The smallest absolute Gasteiger partial charge is 0.348 e. The summed E-state index contributed by atoms with van der Waals surface area (Å²) in [6, 6.07) is 0. The van der Waals surface area contributed by atoms with E-state index in [1.165, 1.54) is 13.5 Å². The summed E-state index contributed by atoms with van der Waals surface area (Å²) in [5.41, 5.74) is 0.652. The minimum atomic E-state index is -0.568. The minimum absolute atomic E-state index is 0.108. The highest BCUT2D eigenvalue weighted by atomic mass is 32.1. The normalized spacial score (nSPS) is 16.9. The summed E-state index contributed by atoms with van der Waals surface area (Å²) >= 11 is 1.04. The molecule has 1 aliphatic heterocycles.